The van der Waals surface area contributed by atoms with Gasteiger partial charge in [0.25, 0.3) is 5.91 Å². The molecule has 8 heteroatoms. The first-order chi connectivity index (χ1) is 16.0. The highest BCUT2D eigenvalue weighted by Gasteiger charge is 2.26. The first-order valence-electron chi connectivity index (χ1n) is 10.7. The molecule has 1 aliphatic rings. The molecule has 2 aromatic carbocycles. The van der Waals surface area contributed by atoms with Gasteiger partial charge in [0.2, 0.25) is 5.91 Å². The first-order valence-corrected chi connectivity index (χ1v) is 12.0. The minimum Gasteiger partial charge on any atom is -0.325 e. The van der Waals surface area contributed by atoms with Crippen LogP contribution in [0.3, 0.4) is 0 Å². The number of thiophene rings is 1. The van der Waals surface area contributed by atoms with Crippen molar-refractivity contribution >= 4 is 51.9 Å². The van der Waals surface area contributed by atoms with Gasteiger partial charge in [0.1, 0.15) is 0 Å². The summed E-state index contributed by atoms with van der Waals surface area (Å²) in [5.41, 5.74) is 2.02. The number of carbonyl (C=O) groups excluding carboxylic acids is 3. The molecule has 2 heterocycles. The van der Waals surface area contributed by atoms with Crippen molar-refractivity contribution in [2.45, 2.75) is 12.8 Å². The summed E-state index contributed by atoms with van der Waals surface area (Å²) in [6.45, 7) is 1.68. The third-order valence-corrected chi connectivity index (χ3v) is 6.75. The summed E-state index contributed by atoms with van der Waals surface area (Å²) < 4.78 is 0. The lowest BCUT2D eigenvalue weighted by atomic mass is 9.89. The van der Waals surface area contributed by atoms with Crippen molar-refractivity contribution in [1.82, 2.24) is 4.90 Å². The fraction of sp³-hybridized carbons (Fsp3) is 0.240. The molecule has 170 valence electrons. The van der Waals surface area contributed by atoms with Gasteiger partial charge in [-0.3, -0.25) is 19.3 Å². The summed E-state index contributed by atoms with van der Waals surface area (Å²) in [7, 11) is 0. The van der Waals surface area contributed by atoms with E-state index in [0.717, 1.165) is 12.8 Å². The normalized spacial score (nSPS) is 14.6. The molecule has 1 saturated heterocycles. The van der Waals surface area contributed by atoms with E-state index in [2.05, 4.69) is 15.5 Å². The molecule has 0 saturated carbocycles. The van der Waals surface area contributed by atoms with Crippen LogP contribution in [0, 0.1) is 5.92 Å². The Hall–Kier alpha value is -3.00. The summed E-state index contributed by atoms with van der Waals surface area (Å²) in [6.07, 6.45) is 1.46. The Morgan fingerprint density at radius 2 is 1.55 bits per heavy atom. The van der Waals surface area contributed by atoms with Gasteiger partial charge in [-0.25, -0.2) is 0 Å². The summed E-state index contributed by atoms with van der Waals surface area (Å²) in [5, 5.41) is 8.20. The lowest BCUT2D eigenvalue weighted by molar-refractivity contribution is -0.117. The number of anilines is 2. The summed E-state index contributed by atoms with van der Waals surface area (Å²) in [4.78, 5) is 40.0. The maximum absolute atomic E-state index is 12.7. The minimum absolute atomic E-state index is 0.0255. The molecule has 2 amide bonds. The number of piperidine rings is 1. The van der Waals surface area contributed by atoms with Gasteiger partial charge < -0.3 is 10.6 Å². The van der Waals surface area contributed by atoms with E-state index in [-0.39, 0.29) is 30.1 Å². The lowest BCUT2D eigenvalue weighted by Gasteiger charge is -2.30. The molecule has 2 N–H and O–H groups in total. The lowest BCUT2D eigenvalue weighted by Crippen LogP contribution is -2.40. The van der Waals surface area contributed by atoms with Crippen molar-refractivity contribution in [1.29, 1.82) is 0 Å². The predicted molar refractivity (Wildman–Crippen MR) is 132 cm³/mol. The molecule has 1 aromatic heterocycles. The van der Waals surface area contributed by atoms with Crippen LogP contribution in [0.2, 0.25) is 5.02 Å². The molecule has 0 bridgehead atoms. The molecule has 0 unspecified atom stereocenters. The van der Waals surface area contributed by atoms with Crippen LogP contribution < -0.4 is 10.6 Å². The Bertz CT molecular complexity index is 1110. The standard InChI is InChI=1S/C25H24ClN3O3S/c26-19-5-3-17(4-6-19)24(31)18-11-13-29(14-12-18)16-23(30)27-20-7-9-21(10-8-20)28-25(32)22-2-1-15-33-22/h1-10,15,18H,11-14,16H2,(H,27,30)(H,28,32). The van der Waals surface area contributed by atoms with Crippen molar-refractivity contribution in [2.75, 3.05) is 30.3 Å². The van der Waals surface area contributed by atoms with Gasteiger partial charge in [0, 0.05) is 27.9 Å². The summed E-state index contributed by atoms with van der Waals surface area (Å²) in [6, 6.07) is 17.6. The maximum atomic E-state index is 12.7. The number of hydrogen-bond donors (Lipinski definition) is 2. The van der Waals surface area contributed by atoms with Crippen LogP contribution in [0.15, 0.2) is 66.0 Å². The van der Waals surface area contributed by atoms with Crippen molar-refractivity contribution in [2.24, 2.45) is 5.92 Å². The Labute approximate surface area is 201 Å². The highest BCUT2D eigenvalue weighted by Crippen LogP contribution is 2.23. The molecule has 3 aromatic rings. The van der Waals surface area contributed by atoms with Crippen LogP contribution in [0.1, 0.15) is 32.9 Å². The molecular weight excluding hydrogens is 458 g/mol. The number of halogens is 1. The number of benzene rings is 2. The number of ketones is 1. The van der Waals surface area contributed by atoms with E-state index >= 15 is 0 Å². The van der Waals surface area contributed by atoms with Gasteiger partial charge >= 0.3 is 0 Å². The van der Waals surface area contributed by atoms with Gasteiger partial charge in [-0.05, 0) is 85.9 Å². The van der Waals surface area contributed by atoms with Crippen molar-refractivity contribution < 1.29 is 14.4 Å². The number of nitrogens with one attached hydrogen (secondary N) is 2. The molecule has 1 fully saturated rings. The molecule has 0 radical (unpaired) electrons. The fourth-order valence-corrected chi connectivity index (χ4v) is 4.59. The second-order valence-electron chi connectivity index (χ2n) is 7.98. The number of nitrogens with zero attached hydrogens (tertiary/aromatic N) is 1. The number of rotatable bonds is 7. The molecule has 1 aliphatic heterocycles. The van der Waals surface area contributed by atoms with Gasteiger partial charge in [-0.1, -0.05) is 17.7 Å². The SMILES string of the molecule is O=C(CN1CCC(C(=O)c2ccc(Cl)cc2)CC1)Nc1ccc(NC(=O)c2cccs2)cc1. The smallest absolute Gasteiger partial charge is 0.265 e. The van der Waals surface area contributed by atoms with E-state index in [1.165, 1.54) is 11.3 Å². The Morgan fingerprint density at radius 3 is 2.15 bits per heavy atom. The average Bonchev–Trinajstić information content (AvgIpc) is 3.36. The molecule has 0 atom stereocenters. The van der Waals surface area contributed by atoms with E-state index in [9.17, 15) is 14.4 Å². The Balaban J connectivity index is 1.22. The van der Waals surface area contributed by atoms with Gasteiger partial charge in [-0.2, -0.15) is 0 Å². The summed E-state index contributed by atoms with van der Waals surface area (Å²) >= 11 is 7.28. The van der Waals surface area contributed by atoms with Crippen LogP contribution in [0.5, 0.6) is 0 Å². The van der Waals surface area contributed by atoms with Crippen LogP contribution in [0.25, 0.3) is 0 Å². The van der Waals surface area contributed by atoms with E-state index in [4.69, 9.17) is 11.6 Å². The summed E-state index contributed by atoms with van der Waals surface area (Å²) in [5.74, 6) is -0.142. The van der Waals surface area contributed by atoms with Gasteiger partial charge in [-0.15, -0.1) is 11.3 Å². The van der Waals surface area contributed by atoms with Crippen molar-refractivity contribution in [3.8, 4) is 0 Å². The van der Waals surface area contributed by atoms with Gasteiger partial charge in [0.05, 0.1) is 11.4 Å². The highest BCUT2D eigenvalue weighted by atomic mass is 35.5. The van der Waals surface area contributed by atoms with E-state index in [0.29, 0.717) is 39.9 Å². The zero-order valence-electron chi connectivity index (χ0n) is 17.9. The molecule has 0 aliphatic carbocycles. The maximum Gasteiger partial charge on any atom is 0.265 e. The van der Waals surface area contributed by atoms with Crippen LogP contribution in [-0.4, -0.2) is 42.1 Å². The number of hydrogen-bond acceptors (Lipinski definition) is 5. The molecule has 4 rings (SSSR count). The highest BCUT2D eigenvalue weighted by molar-refractivity contribution is 7.12. The predicted octanol–water partition coefficient (Wildman–Crippen LogP) is 5.19. The van der Waals surface area contributed by atoms with Crippen molar-refractivity contribution in [3.05, 3.63) is 81.5 Å². The van der Waals surface area contributed by atoms with Gasteiger partial charge in [0.15, 0.2) is 5.78 Å². The molecule has 33 heavy (non-hydrogen) atoms. The monoisotopic (exact) mass is 481 g/mol. The minimum atomic E-state index is -0.153. The molecular formula is C25H24ClN3O3S. The number of carbonyl (C=O) groups is 3. The molecule has 6 nitrogen and oxygen atoms in total. The Morgan fingerprint density at radius 1 is 0.909 bits per heavy atom. The van der Waals surface area contributed by atoms with Crippen LogP contribution in [0.4, 0.5) is 11.4 Å². The third-order valence-electron chi connectivity index (χ3n) is 5.63. The third kappa shape index (κ3) is 6.28. The molecule has 0 spiro atoms. The fourth-order valence-electron chi connectivity index (χ4n) is 3.84. The number of Topliss-reactive ketones (excluding diaryl/α,β-unsaturated/α-hetero) is 1. The zero-order chi connectivity index (χ0) is 23.2. The largest absolute Gasteiger partial charge is 0.325 e. The second kappa shape index (κ2) is 10.7. The Kier molecular flexibility index (Phi) is 7.54. The van der Waals surface area contributed by atoms with E-state index < -0.39 is 0 Å². The van der Waals surface area contributed by atoms with Crippen LogP contribution >= 0.6 is 22.9 Å². The van der Waals surface area contributed by atoms with E-state index in [1.807, 2.05) is 11.4 Å². The average molecular weight is 482 g/mol. The first kappa shape index (κ1) is 23.2. The topological polar surface area (TPSA) is 78.5 Å². The quantitative estimate of drug-likeness (QED) is 0.455. The zero-order valence-corrected chi connectivity index (χ0v) is 19.5. The van der Waals surface area contributed by atoms with Crippen LogP contribution in [-0.2, 0) is 4.79 Å². The number of likely N-dealkylation sites (tertiary alicyclic amines) is 1. The number of amides is 2. The second-order valence-corrected chi connectivity index (χ2v) is 9.36. The van der Waals surface area contributed by atoms with E-state index in [1.54, 1.807) is 54.6 Å². The van der Waals surface area contributed by atoms with Crippen molar-refractivity contribution in [3.63, 3.8) is 0 Å².